The second kappa shape index (κ2) is 18.1. The average Bonchev–Trinajstić information content (AvgIpc) is 3.42. The zero-order valence-electron chi connectivity index (χ0n) is 27.0. The highest BCUT2D eigenvalue weighted by atomic mass is 16.5. The molecule has 0 aliphatic carbocycles. The third kappa shape index (κ3) is 10.4. The highest BCUT2D eigenvalue weighted by molar-refractivity contribution is 5.92. The number of ketones is 1. The topological polar surface area (TPSA) is 105 Å². The SMILES string of the molecule is CC=CC/C=C/C(=O)C(C)C(OC)C1CCCN1C(=O)CC(OC)C(C(C)CC)N(C)C(=O)C(NC(C)=O)C(C)C. The van der Waals surface area contributed by atoms with Crippen molar-refractivity contribution in [1.82, 2.24) is 15.1 Å². The molecule has 41 heavy (non-hydrogen) atoms. The van der Waals surface area contributed by atoms with Crippen molar-refractivity contribution in [3.05, 3.63) is 24.3 Å². The number of nitrogens with zero attached hydrogens (tertiary/aromatic N) is 2. The van der Waals surface area contributed by atoms with E-state index in [1.807, 2.05) is 64.7 Å². The van der Waals surface area contributed by atoms with Crippen molar-refractivity contribution in [3.8, 4) is 0 Å². The van der Waals surface area contributed by atoms with Gasteiger partial charge >= 0.3 is 0 Å². The van der Waals surface area contributed by atoms with E-state index in [9.17, 15) is 19.2 Å². The Bertz CT molecular complexity index is 917. The number of likely N-dealkylation sites (N-methyl/N-ethyl adjacent to an activating group) is 1. The zero-order chi connectivity index (χ0) is 31.3. The monoisotopic (exact) mass is 577 g/mol. The van der Waals surface area contributed by atoms with Crippen molar-refractivity contribution in [1.29, 1.82) is 0 Å². The summed E-state index contributed by atoms with van der Waals surface area (Å²) in [6, 6.07) is -1.27. The molecule has 1 aliphatic heterocycles. The van der Waals surface area contributed by atoms with Crippen LogP contribution in [0.2, 0.25) is 0 Å². The van der Waals surface area contributed by atoms with Crippen LogP contribution in [0.3, 0.4) is 0 Å². The minimum Gasteiger partial charge on any atom is -0.379 e. The van der Waals surface area contributed by atoms with Crippen molar-refractivity contribution in [2.24, 2.45) is 17.8 Å². The van der Waals surface area contributed by atoms with Crippen molar-refractivity contribution in [2.45, 2.75) is 111 Å². The van der Waals surface area contributed by atoms with Gasteiger partial charge in [0.1, 0.15) is 6.04 Å². The van der Waals surface area contributed by atoms with Gasteiger partial charge in [0.2, 0.25) is 17.7 Å². The summed E-state index contributed by atoms with van der Waals surface area (Å²) in [6.07, 6.45) is 9.53. The van der Waals surface area contributed by atoms with Crippen LogP contribution in [0.1, 0.15) is 80.6 Å². The lowest BCUT2D eigenvalue weighted by molar-refractivity contribution is -0.147. The van der Waals surface area contributed by atoms with Gasteiger partial charge in [-0.05, 0) is 44.1 Å². The minimum absolute atomic E-state index is 0.0220. The summed E-state index contributed by atoms with van der Waals surface area (Å²) in [6.45, 7) is 13.7. The molecule has 234 valence electrons. The van der Waals surface area contributed by atoms with Gasteiger partial charge in [-0.1, -0.05) is 59.3 Å². The Kier molecular flexibility index (Phi) is 16.1. The number of hydrogen-bond acceptors (Lipinski definition) is 6. The van der Waals surface area contributed by atoms with Crippen LogP contribution >= 0.6 is 0 Å². The third-order valence-electron chi connectivity index (χ3n) is 8.38. The van der Waals surface area contributed by atoms with Crippen molar-refractivity contribution in [2.75, 3.05) is 27.8 Å². The summed E-state index contributed by atoms with van der Waals surface area (Å²) in [7, 11) is 4.89. The number of methoxy groups -OCH3 is 2. The molecule has 0 aromatic carbocycles. The first-order valence-corrected chi connectivity index (χ1v) is 15.1. The summed E-state index contributed by atoms with van der Waals surface area (Å²) in [4.78, 5) is 55.6. The van der Waals surface area contributed by atoms with Crippen LogP contribution in [0.25, 0.3) is 0 Å². The Morgan fingerprint density at radius 2 is 1.73 bits per heavy atom. The fourth-order valence-electron chi connectivity index (χ4n) is 5.82. The molecule has 1 saturated heterocycles. The van der Waals surface area contributed by atoms with Crippen molar-refractivity contribution < 1.29 is 28.7 Å². The van der Waals surface area contributed by atoms with Gasteiger partial charge < -0.3 is 24.6 Å². The summed E-state index contributed by atoms with van der Waals surface area (Å²) in [5.41, 5.74) is 0. The van der Waals surface area contributed by atoms with Gasteiger partial charge in [-0.2, -0.15) is 0 Å². The average molecular weight is 578 g/mol. The van der Waals surface area contributed by atoms with E-state index in [1.165, 1.54) is 6.92 Å². The number of amides is 3. The summed E-state index contributed by atoms with van der Waals surface area (Å²) >= 11 is 0. The number of carbonyl (C=O) groups is 4. The first-order chi connectivity index (χ1) is 19.4. The maximum atomic E-state index is 13.8. The van der Waals surface area contributed by atoms with E-state index in [0.29, 0.717) is 13.0 Å². The van der Waals surface area contributed by atoms with Crippen LogP contribution < -0.4 is 5.32 Å². The van der Waals surface area contributed by atoms with E-state index in [-0.39, 0.29) is 53.8 Å². The van der Waals surface area contributed by atoms with Crippen molar-refractivity contribution >= 4 is 23.5 Å². The van der Waals surface area contributed by atoms with Crippen molar-refractivity contribution in [3.63, 3.8) is 0 Å². The van der Waals surface area contributed by atoms with Crippen LogP contribution in [0.5, 0.6) is 0 Å². The largest absolute Gasteiger partial charge is 0.379 e. The standard InChI is InChI=1S/C32H55N3O6/c1-11-13-14-15-18-26(37)23(6)31(41-10)25-17-16-19-35(25)28(38)20-27(40-9)30(22(5)12-2)34(8)32(39)29(21(3)4)33-24(7)36/h11,13,15,18,21-23,25,27,29-31H,12,14,16-17,19-20H2,1-10H3,(H,33,36)/b13-11?,18-15+. The van der Waals surface area contributed by atoms with E-state index in [1.54, 1.807) is 32.2 Å². The quantitative estimate of drug-likeness (QED) is 0.206. The molecule has 0 aromatic rings. The predicted molar refractivity (Wildman–Crippen MR) is 162 cm³/mol. The molecule has 9 nitrogen and oxygen atoms in total. The molecule has 9 heteroatoms. The molecule has 0 saturated carbocycles. The Morgan fingerprint density at radius 1 is 1.07 bits per heavy atom. The molecule has 1 aliphatic rings. The van der Waals surface area contributed by atoms with Gasteiger partial charge in [-0.3, -0.25) is 19.2 Å². The summed E-state index contributed by atoms with van der Waals surface area (Å²) < 4.78 is 11.7. The molecule has 1 rings (SSSR count). The van der Waals surface area contributed by atoms with E-state index >= 15 is 0 Å². The molecule has 0 spiro atoms. The highest BCUT2D eigenvalue weighted by Gasteiger charge is 2.42. The lowest BCUT2D eigenvalue weighted by Gasteiger charge is -2.40. The lowest BCUT2D eigenvalue weighted by Crippen LogP contribution is -2.57. The molecular weight excluding hydrogens is 522 g/mol. The number of carbonyl (C=O) groups excluding carboxylic acids is 4. The highest BCUT2D eigenvalue weighted by Crippen LogP contribution is 2.29. The van der Waals surface area contributed by atoms with Crippen LogP contribution in [0.15, 0.2) is 24.3 Å². The Labute approximate surface area is 248 Å². The molecule has 0 bridgehead atoms. The van der Waals surface area contributed by atoms with Gasteiger partial charge in [-0.15, -0.1) is 0 Å². The molecule has 0 aromatic heterocycles. The molecule has 1 N–H and O–H groups in total. The second-order valence-corrected chi connectivity index (χ2v) is 11.6. The number of rotatable bonds is 17. The molecular formula is C32H55N3O6. The molecule has 1 fully saturated rings. The van der Waals surface area contributed by atoms with Crippen LogP contribution in [0.4, 0.5) is 0 Å². The summed E-state index contributed by atoms with van der Waals surface area (Å²) in [5, 5.41) is 2.78. The maximum Gasteiger partial charge on any atom is 0.245 e. The van der Waals surface area contributed by atoms with E-state index in [4.69, 9.17) is 9.47 Å². The number of ether oxygens (including phenoxy) is 2. The van der Waals surface area contributed by atoms with Gasteiger partial charge in [0.25, 0.3) is 0 Å². The first kappa shape index (κ1) is 36.5. The van der Waals surface area contributed by atoms with E-state index in [2.05, 4.69) is 5.32 Å². The van der Waals surface area contributed by atoms with E-state index in [0.717, 1.165) is 19.3 Å². The fourth-order valence-corrected chi connectivity index (χ4v) is 5.82. The maximum absolute atomic E-state index is 13.8. The first-order valence-electron chi connectivity index (χ1n) is 15.1. The molecule has 0 radical (unpaired) electrons. The number of likely N-dealkylation sites (tertiary alicyclic amines) is 1. The van der Waals surface area contributed by atoms with E-state index < -0.39 is 24.2 Å². The molecule has 7 atom stereocenters. The van der Waals surface area contributed by atoms with Gasteiger partial charge in [0, 0.05) is 40.7 Å². The molecule has 1 heterocycles. The zero-order valence-corrected chi connectivity index (χ0v) is 27.0. The number of allylic oxidation sites excluding steroid dienone is 4. The van der Waals surface area contributed by atoms with Gasteiger partial charge in [-0.25, -0.2) is 0 Å². The van der Waals surface area contributed by atoms with Crippen LogP contribution in [0, 0.1) is 17.8 Å². The smallest absolute Gasteiger partial charge is 0.245 e. The number of hydrogen-bond donors (Lipinski definition) is 1. The normalized spacial score (nSPS) is 20.2. The predicted octanol–water partition coefficient (Wildman–Crippen LogP) is 4.16. The Hall–Kier alpha value is -2.52. The Balaban J connectivity index is 3.17. The Morgan fingerprint density at radius 3 is 2.24 bits per heavy atom. The van der Waals surface area contributed by atoms with Crippen LogP contribution in [-0.4, -0.2) is 91.5 Å². The van der Waals surface area contributed by atoms with Gasteiger partial charge in [0.05, 0.1) is 30.7 Å². The fraction of sp³-hybridized carbons (Fsp3) is 0.750. The third-order valence-corrected chi connectivity index (χ3v) is 8.38. The van der Waals surface area contributed by atoms with Gasteiger partial charge in [0.15, 0.2) is 5.78 Å². The second-order valence-electron chi connectivity index (χ2n) is 11.6. The number of nitrogens with one attached hydrogen (secondary N) is 1. The molecule has 7 unspecified atom stereocenters. The van der Waals surface area contributed by atoms with Crippen LogP contribution in [-0.2, 0) is 28.7 Å². The lowest BCUT2D eigenvalue weighted by atomic mass is 9.89. The minimum atomic E-state index is -0.672. The summed E-state index contributed by atoms with van der Waals surface area (Å²) in [5.74, 6) is -1.04. The molecule has 3 amide bonds.